The summed E-state index contributed by atoms with van der Waals surface area (Å²) in [5, 5.41) is 5.08. The summed E-state index contributed by atoms with van der Waals surface area (Å²) in [5.41, 5.74) is 1.47. The molecular weight excluding hydrogens is 386 g/mol. The van der Waals surface area contributed by atoms with Crippen molar-refractivity contribution in [2.45, 2.75) is 57.2 Å². The highest BCUT2D eigenvalue weighted by Crippen LogP contribution is 2.26. The topological polar surface area (TPSA) is 66.6 Å². The van der Waals surface area contributed by atoms with E-state index < -0.39 is 0 Å². The quantitative estimate of drug-likeness (QED) is 0.706. The molecule has 2 heterocycles. The van der Waals surface area contributed by atoms with Gasteiger partial charge in [0.2, 0.25) is 0 Å². The number of nitrogens with zero attached hydrogens (tertiary/aromatic N) is 1. The Hall–Kier alpha value is -2.12. The van der Waals surface area contributed by atoms with E-state index >= 15 is 0 Å². The number of aromatic amines is 1. The van der Waals surface area contributed by atoms with Crippen LogP contribution in [0.2, 0.25) is 0 Å². The molecule has 2 N–H and O–H groups in total. The van der Waals surface area contributed by atoms with E-state index in [0.29, 0.717) is 12.6 Å². The van der Waals surface area contributed by atoms with Gasteiger partial charge in [0.1, 0.15) is 5.75 Å². The highest BCUT2D eigenvalue weighted by atomic mass is 32.1. The minimum Gasteiger partial charge on any atom is -0.497 e. The van der Waals surface area contributed by atoms with Crippen molar-refractivity contribution in [1.29, 1.82) is 0 Å². The second-order valence-corrected chi connectivity index (χ2v) is 8.35. The molecule has 2 fully saturated rings. The van der Waals surface area contributed by atoms with Crippen molar-refractivity contribution in [2.24, 2.45) is 0 Å². The number of hydrogen-bond donors (Lipinski definition) is 2. The third-order valence-electron chi connectivity index (χ3n) is 6.00. The molecule has 2 aliphatic rings. The van der Waals surface area contributed by atoms with Gasteiger partial charge in [0.15, 0.2) is 5.11 Å². The smallest absolute Gasteiger partial charge is 0.253 e. The van der Waals surface area contributed by atoms with Gasteiger partial charge >= 0.3 is 0 Å². The first-order valence-corrected chi connectivity index (χ1v) is 10.9. The molecular formula is C22H29N3O3S. The van der Waals surface area contributed by atoms with Crippen molar-refractivity contribution in [1.82, 2.24) is 15.2 Å². The molecule has 1 saturated carbocycles. The van der Waals surface area contributed by atoms with Gasteiger partial charge in [0.05, 0.1) is 19.8 Å². The third-order valence-corrected chi connectivity index (χ3v) is 6.38. The van der Waals surface area contributed by atoms with Gasteiger partial charge in [-0.1, -0.05) is 12.8 Å². The Labute approximate surface area is 176 Å². The largest absolute Gasteiger partial charge is 0.497 e. The maximum atomic E-state index is 12.7. The SMILES string of the molecule is COc1ccc2[nH]c(=O)c(CN(C(=S)NC[C@@H]3CCCO3)C3CCCC3)cc2c1. The first-order chi connectivity index (χ1) is 14.1. The minimum absolute atomic E-state index is 0.0624. The van der Waals surface area contributed by atoms with Crippen LogP contribution in [0.15, 0.2) is 29.1 Å². The molecule has 0 unspecified atom stereocenters. The van der Waals surface area contributed by atoms with Crippen LogP contribution in [0, 0.1) is 0 Å². The predicted molar refractivity (Wildman–Crippen MR) is 118 cm³/mol. The van der Waals surface area contributed by atoms with Crippen molar-refractivity contribution in [2.75, 3.05) is 20.3 Å². The number of pyridine rings is 1. The van der Waals surface area contributed by atoms with Gasteiger partial charge in [-0.3, -0.25) is 4.79 Å². The van der Waals surface area contributed by atoms with Gasteiger partial charge in [-0.15, -0.1) is 0 Å². The number of methoxy groups -OCH3 is 1. The molecule has 156 valence electrons. The summed E-state index contributed by atoms with van der Waals surface area (Å²) in [6, 6.07) is 8.01. The van der Waals surface area contributed by atoms with E-state index in [-0.39, 0.29) is 11.7 Å². The number of H-pyrrole nitrogens is 1. The number of nitrogens with one attached hydrogen (secondary N) is 2. The van der Waals surface area contributed by atoms with E-state index in [2.05, 4.69) is 15.2 Å². The van der Waals surface area contributed by atoms with Gasteiger partial charge in [-0.2, -0.15) is 0 Å². The summed E-state index contributed by atoms with van der Waals surface area (Å²) >= 11 is 5.75. The Morgan fingerprint density at radius 1 is 1.28 bits per heavy atom. The van der Waals surface area contributed by atoms with Crippen LogP contribution in [-0.2, 0) is 11.3 Å². The van der Waals surface area contributed by atoms with E-state index in [1.165, 1.54) is 12.8 Å². The Morgan fingerprint density at radius 3 is 2.83 bits per heavy atom. The van der Waals surface area contributed by atoms with Crippen molar-refractivity contribution in [3.63, 3.8) is 0 Å². The molecule has 1 aromatic heterocycles. The first kappa shape index (κ1) is 20.2. The highest BCUT2D eigenvalue weighted by Gasteiger charge is 2.26. The number of aromatic nitrogens is 1. The van der Waals surface area contributed by atoms with Crippen LogP contribution >= 0.6 is 12.2 Å². The lowest BCUT2D eigenvalue weighted by atomic mass is 10.1. The second kappa shape index (κ2) is 9.13. The first-order valence-electron chi connectivity index (χ1n) is 10.5. The van der Waals surface area contributed by atoms with E-state index in [0.717, 1.165) is 66.2 Å². The fourth-order valence-corrected chi connectivity index (χ4v) is 4.65. The van der Waals surface area contributed by atoms with Gasteiger partial charge in [-0.05, 0) is 62.2 Å². The zero-order valence-electron chi connectivity index (χ0n) is 16.9. The lowest BCUT2D eigenvalue weighted by molar-refractivity contribution is 0.113. The van der Waals surface area contributed by atoms with Gasteiger partial charge in [0.25, 0.3) is 5.56 Å². The molecule has 1 saturated heterocycles. The molecule has 6 nitrogen and oxygen atoms in total. The minimum atomic E-state index is -0.0624. The van der Waals surface area contributed by atoms with Gasteiger partial charge in [0, 0.05) is 35.7 Å². The molecule has 4 rings (SSSR count). The van der Waals surface area contributed by atoms with E-state index in [1.54, 1.807) is 7.11 Å². The lowest BCUT2D eigenvalue weighted by Crippen LogP contribution is -2.47. The van der Waals surface area contributed by atoms with Crippen molar-refractivity contribution in [3.8, 4) is 5.75 Å². The lowest BCUT2D eigenvalue weighted by Gasteiger charge is -2.32. The normalized spacial score (nSPS) is 19.6. The summed E-state index contributed by atoms with van der Waals surface area (Å²) in [5.74, 6) is 0.775. The van der Waals surface area contributed by atoms with Crippen LogP contribution in [0.25, 0.3) is 10.9 Å². The summed E-state index contributed by atoms with van der Waals surface area (Å²) in [6.07, 6.45) is 7.06. The summed E-state index contributed by atoms with van der Waals surface area (Å²) in [4.78, 5) is 17.9. The number of ether oxygens (including phenoxy) is 2. The molecule has 1 aromatic carbocycles. The molecule has 1 aliphatic heterocycles. The Kier molecular flexibility index (Phi) is 6.35. The Morgan fingerprint density at radius 2 is 2.10 bits per heavy atom. The molecule has 2 aromatic rings. The molecule has 0 amide bonds. The molecule has 7 heteroatoms. The fourth-order valence-electron chi connectivity index (χ4n) is 4.35. The third kappa shape index (κ3) is 4.73. The Balaban J connectivity index is 1.55. The number of rotatable bonds is 6. The van der Waals surface area contributed by atoms with Crippen molar-refractivity contribution in [3.05, 3.63) is 40.2 Å². The van der Waals surface area contributed by atoms with Crippen LogP contribution in [0.4, 0.5) is 0 Å². The van der Waals surface area contributed by atoms with Crippen LogP contribution in [0.5, 0.6) is 5.75 Å². The average molecular weight is 416 g/mol. The van der Waals surface area contributed by atoms with E-state index in [9.17, 15) is 4.79 Å². The van der Waals surface area contributed by atoms with Gasteiger partial charge in [-0.25, -0.2) is 0 Å². The van der Waals surface area contributed by atoms with Crippen LogP contribution in [0.1, 0.15) is 44.1 Å². The maximum absolute atomic E-state index is 12.7. The molecule has 1 atom stereocenters. The fraction of sp³-hybridized carbons (Fsp3) is 0.545. The van der Waals surface area contributed by atoms with Crippen LogP contribution < -0.4 is 15.6 Å². The molecule has 0 bridgehead atoms. The van der Waals surface area contributed by atoms with Crippen molar-refractivity contribution >= 4 is 28.2 Å². The maximum Gasteiger partial charge on any atom is 0.253 e. The number of hydrogen-bond acceptors (Lipinski definition) is 4. The van der Waals surface area contributed by atoms with Crippen molar-refractivity contribution < 1.29 is 9.47 Å². The molecule has 29 heavy (non-hydrogen) atoms. The van der Waals surface area contributed by atoms with E-state index in [1.807, 2.05) is 24.3 Å². The van der Waals surface area contributed by atoms with Crippen LogP contribution in [-0.4, -0.2) is 47.4 Å². The monoisotopic (exact) mass is 415 g/mol. The summed E-state index contributed by atoms with van der Waals surface area (Å²) in [6.45, 7) is 2.07. The highest BCUT2D eigenvalue weighted by molar-refractivity contribution is 7.80. The van der Waals surface area contributed by atoms with E-state index in [4.69, 9.17) is 21.7 Å². The predicted octanol–water partition coefficient (Wildman–Crippen LogP) is 3.33. The molecule has 1 aliphatic carbocycles. The number of thiocarbonyl (C=S) groups is 1. The summed E-state index contributed by atoms with van der Waals surface area (Å²) in [7, 11) is 1.65. The zero-order valence-corrected chi connectivity index (χ0v) is 17.7. The summed E-state index contributed by atoms with van der Waals surface area (Å²) < 4.78 is 11.0. The second-order valence-electron chi connectivity index (χ2n) is 7.96. The van der Waals surface area contributed by atoms with Gasteiger partial charge < -0.3 is 24.7 Å². The van der Waals surface area contributed by atoms with Crippen LogP contribution in [0.3, 0.4) is 0 Å². The molecule has 0 spiro atoms. The average Bonchev–Trinajstić information content (AvgIpc) is 3.44. The number of fused-ring (bicyclic) bond motifs is 1. The molecule has 0 radical (unpaired) electrons. The standard InChI is InChI=1S/C22H29N3O3S/c1-27-18-8-9-20-15(12-18)11-16(21(26)24-20)14-25(17-5-2-3-6-17)22(29)23-13-19-7-4-10-28-19/h8-9,11-12,17,19H,2-7,10,13-14H2,1H3,(H,23,29)(H,24,26)/t19-/m0/s1. The Bertz CT molecular complexity index is 917. The zero-order chi connectivity index (χ0) is 20.2. The number of benzene rings is 1.